The van der Waals surface area contributed by atoms with E-state index in [0.717, 1.165) is 61.8 Å². The number of hydrogen-bond acceptors (Lipinski definition) is 3. The summed E-state index contributed by atoms with van der Waals surface area (Å²) in [6, 6.07) is 88.3. The summed E-state index contributed by atoms with van der Waals surface area (Å²) < 4.78 is 0. The van der Waals surface area contributed by atoms with Gasteiger partial charge in [0.1, 0.15) is 0 Å². The number of allylic oxidation sites excluding steroid dienone is 1. The van der Waals surface area contributed by atoms with Gasteiger partial charge < -0.3 is 10.2 Å². The smallest absolute Gasteiger partial charge is 0.0726 e. The van der Waals surface area contributed by atoms with E-state index in [2.05, 4.69) is 236 Å². The molecule has 1 spiro atoms. The molecule has 3 nitrogen and oxygen atoms in total. The van der Waals surface area contributed by atoms with E-state index < -0.39 is 5.41 Å². The van der Waals surface area contributed by atoms with Gasteiger partial charge in [0.05, 0.1) is 22.5 Å². The fourth-order valence-corrected chi connectivity index (χ4v) is 12.7. The molecule has 72 heavy (non-hydrogen) atoms. The van der Waals surface area contributed by atoms with Crippen LogP contribution >= 0.6 is 0 Å². The molecule has 0 saturated heterocycles. The molecule has 0 radical (unpaired) electrons. The van der Waals surface area contributed by atoms with Gasteiger partial charge in [0.15, 0.2) is 0 Å². The van der Waals surface area contributed by atoms with E-state index in [9.17, 15) is 5.41 Å². The molecular formula is C69H49N3. The lowest BCUT2D eigenvalue weighted by Crippen LogP contribution is -2.26. The van der Waals surface area contributed by atoms with Crippen molar-refractivity contribution in [3.05, 3.63) is 304 Å². The molecule has 0 unspecified atom stereocenters. The Bertz CT molecular complexity index is 3870. The average Bonchev–Trinajstić information content (AvgIpc) is 4.01. The number of nitrogens with one attached hydrogen (secondary N) is 2. The Labute approximate surface area is 421 Å². The molecule has 0 bridgehead atoms. The third-order valence-corrected chi connectivity index (χ3v) is 15.9. The van der Waals surface area contributed by atoms with Gasteiger partial charge in [-0.25, -0.2) is 0 Å². The van der Waals surface area contributed by atoms with Crippen molar-refractivity contribution < 1.29 is 0 Å². The van der Waals surface area contributed by atoms with Crippen LogP contribution in [0.4, 0.5) is 17.1 Å². The quantitative estimate of drug-likeness (QED) is 0.156. The lowest BCUT2D eigenvalue weighted by atomic mass is 9.70. The van der Waals surface area contributed by atoms with Crippen molar-refractivity contribution in [1.29, 1.82) is 5.41 Å². The van der Waals surface area contributed by atoms with Gasteiger partial charge in [-0.3, -0.25) is 5.41 Å². The maximum atomic E-state index is 9.91. The largest absolute Gasteiger partial charge is 0.354 e. The molecule has 10 aromatic rings. The number of nitrogens with zero attached hydrogens (tertiary/aromatic N) is 1. The lowest BCUT2D eigenvalue weighted by molar-refractivity contribution is 0.660. The van der Waals surface area contributed by atoms with Gasteiger partial charge in [-0.15, -0.1) is 0 Å². The molecule has 10 aromatic carbocycles. The zero-order chi connectivity index (χ0) is 48.1. The first-order valence-electron chi connectivity index (χ1n) is 25.0. The van der Waals surface area contributed by atoms with Crippen LogP contribution in [-0.2, 0) is 10.8 Å². The Hall–Kier alpha value is -9.05. The first-order chi connectivity index (χ1) is 35.4. The van der Waals surface area contributed by atoms with Gasteiger partial charge in [-0.05, 0) is 114 Å². The zero-order valence-corrected chi connectivity index (χ0v) is 40.1. The first-order valence-corrected chi connectivity index (χ1v) is 25.0. The van der Waals surface area contributed by atoms with Crippen molar-refractivity contribution in [2.45, 2.75) is 24.7 Å². The van der Waals surface area contributed by atoms with Crippen molar-refractivity contribution in [3.63, 3.8) is 0 Å². The van der Waals surface area contributed by atoms with E-state index in [0.29, 0.717) is 5.71 Å². The zero-order valence-electron chi connectivity index (χ0n) is 40.1. The maximum Gasteiger partial charge on any atom is 0.0726 e. The van der Waals surface area contributed by atoms with E-state index >= 15 is 0 Å². The third-order valence-electron chi connectivity index (χ3n) is 15.9. The minimum absolute atomic E-state index is 0.194. The van der Waals surface area contributed by atoms with Crippen molar-refractivity contribution in [3.8, 4) is 33.4 Å². The van der Waals surface area contributed by atoms with Gasteiger partial charge in [0.2, 0.25) is 0 Å². The molecule has 3 heteroatoms. The molecule has 2 N–H and O–H groups in total. The topological polar surface area (TPSA) is 39.1 Å². The second-order valence-electron chi connectivity index (χ2n) is 20.0. The highest BCUT2D eigenvalue weighted by molar-refractivity contribution is 6.36. The molecular weight excluding hydrogens is 871 g/mol. The molecule has 0 fully saturated rings. The van der Waals surface area contributed by atoms with Crippen molar-refractivity contribution in [2.24, 2.45) is 0 Å². The molecule has 4 aliphatic rings. The molecule has 0 saturated carbocycles. The fraction of sp³-hybridized carbons (Fsp3) is 0.0580. The average molecular weight is 920 g/mol. The Balaban J connectivity index is 1.05. The van der Waals surface area contributed by atoms with E-state index in [-0.39, 0.29) is 5.41 Å². The van der Waals surface area contributed by atoms with Crippen LogP contribution in [0.25, 0.3) is 56.4 Å². The standard InChI is InChI=1S/C69H49N3/c1-68(2)56-31-16-15-30-55(56)65-60(68)35-20-36-63(65)72(49-38-40-54-53-29-14-19-34-59(53)69(61(54)43-49)57-32-17-12-27-51(57)52-28-13-18-33-58(52)69)48-37-39-50-47(41-48)42-62(44-21-6-3-7-22-44)71-67(50)64(45-23-8-4-9-24-45)66(70)46-25-10-5-11-26-46/h3-43,70-71H,1-2H3/b67-64-,70-66?. The third kappa shape index (κ3) is 6.01. The van der Waals surface area contributed by atoms with Gasteiger partial charge in [0.25, 0.3) is 0 Å². The second kappa shape index (κ2) is 16.0. The Morgan fingerprint density at radius 1 is 0.417 bits per heavy atom. The summed E-state index contributed by atoms with van der Waals surface area (Å²) in [5, 5.41) is 13.8. The number of benzene rings is 10. The Kier molecular flexibility index (Phi) is 9.30. The normalized spacial score (nSPS) is 15.2. The molecule has 0 atom stereocenters. The van der Waals surface area contributed by atoms with Crippen molar-refractivity contribution >= 4 is 45.8 Å². The summed E-state index contributed by atoms with van der Waals surface area (Å²) in [5.74, 6) is 0. The van der Waals surface area contributed by atoms with Crippen LogP contribution in [0.1, 0.15) is 75.0 Å². The van der Waals surface area contributed by atoms with Crippen LogP contribution in [-0.4, -0.2) is 5.71 Å². The molecule has 0 aromatic heterocycles. The highest BCUT2D eigenvalue weighted by Crippen LogP contribution is 2.64. The van der Waals surface area contributed by atoms with Crippen molar-refractivity contribution in [1.82, 2.24) is 5.32 Å². The molecule has 14 rings (SSSR count). The molecule has 340 valence electrons. The van der Waals surface area contributed by atoms with E-state index in [1.54, 1.807) is 0 Å². The summed E-state index contributed by atoms with van der Waals surface area (Å²) in [6.07, 6.45) is 2.29. The number of hydrogen-bond donors (Lipinski definition) is 2. The molecule has 0 amide bonds. The first kappa shape index (κ1) is 41.9. The maximum absolute atomic E-state index is 9.91. The summed E-state index contributed by atoms with van der Waals surface area (Å²) >= 11 is 0. The van der Waals surface area contributed by atoms with Crippen LogP contribution in [0.3, 0.4) is 0 Å². The monoisotopic (exact) mass is 919 g/mol. The SMILES string of the molecule is CC1(C)c2ccccc2-c2c(N(c3ccc4c(c3)C=C(c3ccccc3)N/C4=C(\C(=N)c3ccccc3)c3ccccc3)c3ccc4c(c3)C3(c5ccccc5-c5ccccc53)c3ccccc3-4)cccc21. The summed E-state index contributed by atoms with van der Waals surface area (Å²) in [6.45, 7) is 4.73. The van der Waals surface area contributed by atoms with E-state index in [1.165, 1.54) is 66.8 Å². The lowest BCUT2D eigenvalue weighted by Gasteiger charge is -2.33. The molecule has 3 aliphatic carbocycles. The van der Waals surface area contributed by atoms with Crippen molar-refractivity contribution in [2.75, 3.05) is 4.90 Å². The number of anilines is 3. The highest BCUT2D eigenvalue weighted by Gasteiger charge is 2.52. The predicted octanol–water partition coefficient (Wildman–Crippen LogP) is 16.8. The van der Waals surface area contributed by atoms with Crippen LogP contribution in [0.5, 0.6) is 0 Å². The fourth-order valence-electron chi connectivity index (χ4n) is 12.7. The number of rotatable bonds is 7. The summed E-state index contributed by atoms with van der Waals surface area (Å²) in [5.41, 5.74) is 26.3. The number of fused-ring (bicyclic) bond motifs is 14. The van der Waals surface area contributed by atoms with Gasteiger partial charge in [-0.2, -0.15) is 0 Å². The predicted molar refractivity (Wildman–Crippen MR) is 299 cm³/mol. The van der Waals surface area contributed by atoms with Crippen LogP contribution in [0, 0.1) is 5.41 Å². The summed E-state index contributed by atoms with van der Waals surface area (Å²) in [4.78, 5) is 2.52. The van der Waals surface area contributed by atoms with Crippen LogP contribution < -0.4 is 10.2 Å². The van der Waals surface area contributed by atoms with Gasteiger partial charge in [0, 0.05) is 44.8 Å². The summed E-state index contributed by atoms with van der Waals surface area (Å²) in [7, 11) is 0. The second-order valence-corrected chi connectivity index (χ2v) is 20.0. The van der Waals surface area contributed by atoms with E-state index in [1.807, 2.05) is 36.4 Å². The molecule has 1 heterocycles. The highest BCUT2D eigenvalue weighted by atomic mass is 15.1. The van der Waals surface area contributed by atoms with Gasteiger partial charge in [-0.1, -0.05) is 226 Å². The molecule has 1 aliphatic heterocycles. The van der Waals surface area contributed by atoms with Crippen LogP contribution in [0.2, 0.25) is 0 Å². The van der Waals surface area contributed by atoms with Crippen LogP contribution in [0.15, 0.2) is 243 Å². The van der Waals surface area contributed by atoms with E-state index in [4.69, 9.17) is 0 Å². The Morgan fingerprint density at radius 2 is 0.903 bits per heavy atom. The Morgan fingerprint density at radius 3 is 1.53 bits per heavy atom. The minimum Gasteiger partial charge on any atom is -0.354 e. The van der Waals surface area contributed by atoms with Gasteiger partial charge >= 0.3 is 0 Å². The minimum atomic E-state index is -0.500.